The van der Waals surface area contributed by atoms with E-state index in [1.807, 2.05) is 30.3 Å². The van der Waals surface area contributed by atoms with Crippen molar-refractivity contribution in [3.8, 4) is 0 Å². The molecule has 0 spiro atoms. The van der Waals surface area contributed by atoms with Crippen LogP contribution >= 0.6 is 0 Å². The number of hydrogen-bond acceptors (Lipinski definition) is 3. The first-order valence-corrected chi connectivity index (χ1v) is 4.26. The lowest BCUT2D eigenvalue weighted by Gasteiger charge is -1.99. The van der Waals surface area contributed by atoms with Crippen molar-refractivity contribution in [3.05, 3.63) is 52.3 Å². The molecule has 0 bridgehead atoms. The summed E-state index contributed by atoms with van der Waals surface area (Å²) in [5.74, 6) is 0.144. The molecule has 2 rings (SSSR count). The van der Waals surface area contributed by atoms with Gasteiger partial charge in [0.2, 0.25) is 5.88 Å². The SMILES string of the molecule is Nc1cc(=O)n(Cc2ccccc2)o1. The lowest BCUT2D eigenvalue weighted by molar-refractivity contribution is 0.289. The minimum Gasteiger partial charge on any atom is -0.368 e. The summed E-state index contributed by atoms with van der Waals surface area (Å²) >= 11 is 0. The molecule has 4 nitrogen and oxygen atoms in total. The summed E-state index contributed by atoms with van der Waals surface area (Å²) in [7, 11) is 0. The van der Waals surface area contributed by atoms with Crippen molar-refractivity contribution in [1.82, 2.24) is 4.74 Å². The van der Waals surface area contributed by atoms with Crippen LogP contribution in [0.3, 0.4) is 0 Å². The number of benzene rings is 1. The van der Waals surface area contributed by atoms with E-state index in [9.17, 15) is 4.79 Å². The first-order chi connectivity index (χ1) is 6.75. The van der Waals surface area contributed by atoms with Crippen LogP contribution in [0.5, 0.6) is 0 Å². The third-order valence-electron chi connectivity index (χ3n) is 1.90. The number of nitrogen functional groups attached to an aromatic ring is 1. The van der Waals surface area contributed by atoms with E-state index in [0.717, 1.165) is 5.56 Å². The molecule has 1 aromatic carbocycles. The Balaban J connectivity index is 2.28. The van der Waals surface area contributed by atoms with E-state index in [0.29, 0.717) is 6.54 Å². The van der Waals surface area contributed by atoms with E-state index in [1.165, 1.54) is 10.8 Å². The summed E-state index contributed by atoms with van der Waals surface area (Å²) in [5, 5.41) is 0. The Morgan fingerprint density at radius 2 is 2.00 bits per heavy atom. The van der Waals surface area contributed by atoms with Crippen LogP contribution in [0.2, 0.25) is 0 Å². The van der Waals surface area contributed by atoms with Gasteiger partial charge in [0, 0.05) is 0 Å². The maximum atomic E-state index is 11.2. The van der Waals surface area contributed by atoms with Crippen molar-refractivity contribution in [2.75, 3.05) is 5.73 Å². The number of hydrogen-bond donors (Lipinski definition) is 1. The summed E-state index contributed by atoms with van der Waals surface area (Å²) in [6.45, 7) is 0.414. The molecule has 0 radical (unpaired) electrons. The number of anilines is 1. The second kappa shape index (κ2) is 3.41. The molecule has 4 heteroatoms. The van der Waals surface area contributed by atoms with Crippen molar-refractivity contribution in [2.45, 2.75) is 6.54 Å². The number of nitrogens with two attached hydrogens (primary N) is 1. The molecule has 0 saturated heterocycles. The Kier molecular flexibility index (Phi) is 2.10. The Hall–Kier alpha value is -1.97. The van der Waals surface area contributed by atoms with Crippen molar-refractivity contribution < 1.29 is 4.52 Å². The van der Waals surface area contributed by atoms with Crippen molar-refractivity contribution in [3.63, 3.8) is 0 Å². The predicted molar refractivity (Wildman–Crippen MR) is 52.9 cm³/mol. The molecule has 0 fully saturated rings. The van der Waals surface area contributed by atoms with Gasteiger partial charge in [-0.15, -0.1) is 0 Å². The molecule has 0 aliphatic rings. The van der Waals surface area contributed by atoms with Crippen LogP contribution in [0.1, 0.15) is 5.56 Å². The normalized spacial score (nSPS) is 10.3. The molecule has 2 N–H and O–H groups in total. The van der Waals surface area contributed by atoms with Crippen LogP contribution in [-0.2, 0) is 6.54 Å². The van der Waals surface area contributed by atoms with Crippen LogP contribution < -0.4 is 11.3 Å². The zero-order valence-corrected chi connectivity index (χ0v) is 7.51. The summed E-state index contributed by atoms with van der Waals surface area (Å²) in [6.07, 6.45) is 0. The second-order valence-corrected chi connectivity index (χ2v) is 3.00. The van der Waals surface area contributed by atoms with Crippen molar-refractivity contribution in [2.24, 2.45) is 0 Å². The predicted octanol–water partition coefficient (Wildman–Crippen LogP) is 1.07. The van der Waals surface area contributed by atoms with Gasteiger partial charge in [-0.1, -0.05) is 30.3 Å². The molecule has 0 saturated carbocycles. The zero-order chi connectivity index (χ0) is 9.97. The summed E-state index contributed by atoms with van der Waals surface area (Å²) in [5.41, 5.74) is 6.13. The highest BCUT2D eigenvalue weighted by Crippen LogP contribution is 2.03. The largest absolute Gasteiger partial charge is 0.368 e. The van der Waals surface area contributed by atoms with E-state index in [4.69, 9.17) is 10.3 Å². The first-order valence-electron chi connectivity index (χ1n) is 4.26. The van der Waals surface area contributed by atoms with Gasteiger partial charge in [-0.2, -0.15) is 4.74 Å². The van der Waals surface area contributed by atoms with Gasteiger partial charge >= 0.3 is 0 Å². The third-order valence-corrected chi connectivity index (χ3v) is 1.90. The van der Waals surface area contributed by atoms with E-state index in [-0.39, 0.29) is 11.4 Å². The average molecular weight is 190 g/mol. The molecular formula is C10H10N2O2. The summed E-state index contributed by atoms with van der Waals surface area (Å²) < 4.78 is 6.23. The lowest BCUT2D eigenvalue weighted by atomic mass is 10.2. The van der Waals surface area contributed by atoms with E-state index >= 15 is 0 Å². The lowest BCUT2D eigenvalue weighted by Crippen LogP contribution is -2.13. The minimum atomic E-state index is -0.216. The smallest absolute Gasteiger partial charge is 0.285 e. The molecule has 0 aliphatic heterocycles. The minimum absolute atomic E-state index is 0.144. The fourth-order valence-corrected chi connectivity index (χ4v) is 1.25. The Labute approximate surface area is 80.5 Å². The molecular weight excluding hydrogens is 180 g/mol. The number of aromatic nitrogens is 1. The van der Waals surface area contributed by atoms with Crippen LogP contribution in [0, 0.1) is 0 Å². The highest BCUT2D eigenvalue weighted by molar-refractivity contribution is 5.20. The Bertz CT molecular complexity index is 470. The van der Waals surface area contributed by atoms with Gasteiger partial charge in [0.05, 0.1) is 12.6 Å². The van der Waals surface area contributed by atoms with E-state index in [2.05, 4.69) is 0 Å². The van der Waals surface area contributed by atoms with Gasteiger partial charge in [-0.25, -0.2) is 0 Å². The van der Waals surface area contributed by atoms with Crippen LogP contribution in [0.15, 0.2) is 45.7 Å². The highest BCUT2D eigenvalue weighted by atomic mass is 16.5. The van der Waals surface area contributed by atoms with Gasteiger partial charge in [0.1, 0.15) is 0 Å². The molecule has 72 valence electrons. The average Bonchev–Trinajstić information content (AvgIpc) is 2.47. The van der Waals surface area contributed by atoms with Crippen LogP contribution in [0.25, 0.3) is 0 Å². The first kappa shape index (κ1) is 8.62. The molecule has 1 heterocycles. The Morgan fingerprint density at radius 3 is 2.57 bits per heavy atom. The maximum Gasteiger partial charge on any atom is 0.285 e. The fraction of sp³-hybridized carbons (Fsp3) is 0.100. The standard InChI is InChI=1S/C10H10N2O2/c11-9-6-10(13)12(14-9)7-8-4-2-1-3-5-8/h1-6H,7,11H2. The maximum absolute atomic E-state index is 11.2. The second-order valence-electron chi connectivity index (χ2n) is 3.00. The topological polar surface area (TPSA) is 61.2 Å². The van der Waals surface area contributed by atoms with E-state index in [1.54, 1.807) is 0 Å². The molecule has 0 unspecified atom stereocenters. The van der Waals surface area contributed by atoms with Gasteiger partial charge in [-0.3, -0.25) is 4.79 Å². The van der Waals surface area contributed by atoms with E-state index < -0.39 is 0 Å². The van der Waals surface area contributed by atoms with Crippen LogP contribution in [-0.4, -0.2) is 4.74 Å². The zero-order valence-electron chi connectivity index (χ0n) is 7.51. The number of rotatable bonds is 2. The monoisotopic (exact) mass is 190 g/mol. The van der Waals surface area contributed by atoms with Gasteiger partial charge < -0.3 is 10.3 Å². The Morgan fingerprint density at radius 1 is 1.29 bits per heavy atom. The van der Waals surface area contributed by atoms with Gasteiger partial charge in [-0.05, 0) is 5.56 Å². The molecule has 2 aromatic rings. The molecule has 1 aromatic heterocycles. The molecule has 0 atom stereocenters. The van der Waals surface area contributed by atoms with Crippen molar-refractivity contribution in [1.29, 1.82) is 0 Å². The highest BCUT2D eigenvalue weighted by Gasteiger charge is 2.02. The van der Waals surface area contributed by atoms with Crippen molar-refractivity contribution >= 4 is 5.88 Å². The molecule has 0 aliphatic carbocycles. The number of nitrogens with zero attached hydrogens (tertiary/aromatic N) is 1. The van der Waals surface area contributed by atoms with Gasteiger partial charge in [0.25, 0.3) is 5.56 Å². The summed E-state index contributed by atoms with van der Waals surface area (Å²) in [6, 6.07) is 10.8. The molecule has 14 heavy (non-hydrogen) atoms. The third kappa shape index (κ3) is 1.69. The van der Waals surface area contributed by atoms with Crippen LogP contribution in [0.4, 0.5) is 5.88 Å². The summed E-state index contributed by atoms with van der Waals surface area (Å²) in [4.78, 5) is 11.2. The van der Waals surface area contributed by atoms with Gasteiger partial charge in [0.15, 0.2) is 0 Å². The fourth-order valence-electron chi connectivity index (χ4n) is 1.25. The quantitative estimate of drug-likeness (QED) is 0.770. The molecule has 0 amide bonds.